The highest BCUT2D eigenvalue weighted by Crippen LogP contribution is 2.38. The summed E-state index contributed by atoms with van der Waals surface area (Å²) in [7, 11) is 1.54. The molecule has 1 aliphatic carbocycles. The van der Waals surface area contributed by atoms with Crippen molar-refractivity contribution in [3.05, 3.63) is 33.5 Å². The first-order chi connectivity index (χ1) is 12.9. The van der Waals surface area contributed by atoms with E-state index in [1.54, 1.807) is 14.0 Å². The average Bonchev–Trinajstić information content (AvgIpc) is 3.08. The van der Waals surface area contributed by atoms with Gasteiger partial charge in [-0.3, -0.25) is 9.48 Å². The van der Waals surface area contributed by atoms with Gasteiger partial charge in [-0.15, -0.1) is 11.3 Å². The van der Waals surface area contributed by atoms with Gasteiger partial charge in [0.2, 0.25) is 0 Å². The van der Waals surface area contributed by atoms with E-state index < -0.39 is 17.8 Å². The summed E-state index contributed by atoms with van der Waals surface area (Å²) in [6.07, 6.45) is 6.00. The van der Waals surface area contributed by atoms with Gasteiger partial charge in [-0.25, -0.2) is 9.59 Å². The van der Waals surface area contributed by atoms with Crippen molar-refractivity contribution in [1.82, 2.24) is 9.78 Å². The molecule has 0 bridgehead atoms. The number of aromatic nitrogens is 2. The monoisotopic (exact) mass is 391 g/mol. The number of fused-ring (bicyclic) bond motifs is 1. The van der Waals surface area contributed by atoms with Crippen molar-refractivity contribution in [3.8, 4) is 0 Å². The summed E-state index contributed by atoms with van der Waals surface area (Å²) in [4.78, 5) is 37.6. The van der Waals surface area contributed by atoms with Crippen LogP contribution in [0, 0.1) is 0 Å². The molecular formula is C18H21N3O5S. The fraction of sp³-hybridized carbons (Fsp3) is 0.444. The topological polar surface area (TPSA) is 111 Å². The quantitative estimate of drug-likeness (QED) is 0.599. The number of carboxylic acids is 1. The van der Waals surface area contributed by atoms with Gasteiger partial charge in [0.15, 0.2) is 5.69 Å². The van der Waals surface area contributed by atoms with Crippen LogP contribution in [0.3, 0.4) is 0 Å². The Balaban J connectivity index is 1.98. The Bertz CT molecular complexity index is 899. The number of aromatic carboxylic acids is 1. The van der Waals surface area contributed by atoms with Gasteiger partial charge >= 0.3 is 11.9 Å². The highest BCUT2D eigenvalue weighted by atomic mass is 32.1. The predicted octanol–water partition coefficient (Wildman–Crippen LogP) is 2.88. The number of ether oxygens (including phenoxy) is 1. The number of aryl methyl sites for hydroxylation is 2. The van der Waals surface area contributed by atoms with Gasteiger partial charge in [-0.1, -0.05) is 6.42 Å². The number of carbonyl (C=O) groups is 3. The molecule has 0 aromatic carbocycles. The Morgan fingerprint density at radius 2 is 2.04 bits per heavy atom. The van der Waals surface area contributed by atoms with Crippen LogP contribution in [0.4, 0.5) is 5.00 Å². The highest BCUT2D eigenvalue weighted by Gasteiger charge is 2.28. The Morgan fingerprint density at radius 1 is 1.30 bits per heavy atom. The maximum atomic E-state index is 12.7. The normalized spacial score (nSPS) is 13.6. The third kappa shape index (κ3) is 3.87. The van der Waals surface area contributed by atoms with E-state index >= 15 is 0 Å². The molecule has 2 aromatic heterocycles. The van der Waals surface area contributed by atoms with Crippen LogP contribution in [0.25, 0.3) is 0 Å². The van der Waals surface area contributed by atoms with Crippen molar-refractivity contribution in [2.75, 3.05) is 11.9 Å². The van der Waals surface area contributed by atoms with E-state index in [4.69, 9.17) is 4.74 Å². The van der Waals surface area contributed by atoms with Gasteiger partial charge in [0.05, 0.1) is 12.2 Å². The molecule has 0 spiro atoms. The van der Waals surface area contributed by atoms with Gasteiger partial charge < -0.3 is 15.2 Å². The standard InChI is InChI=1S/C18H21N3O5S/c1-3-26-18(25)13-10-7-5-4-6-8-12(10)27-16(13)19-15(22)14-11(17(23)24)9-21(2)20-14/h9H,3-8H2,1-2H3,(H,19,22)(H,23,24). The Hall–Kier alpha value is -2.68. The summed E-state index contributed by atoms with van der Waals surface area (Å²) in [6.45, 7) is 1.97. The molecule has 2 aromatic rings. The molecule has 8 nitrogen and oxygen atoms in total. The second-order valence-electron chi connectivity index (χ2n) is 6.31. The van der Waals surface area contributed by atoms with Crippen LogP contribution >= 0.6 is 11.3 Å². The van der Waals surface area contributed by atoms with Crippen molar-refractivity contribution < 1.29 is 24.2 Å². The maximum absolute atomic E-state index is 12.7. The van der Waals surface area contributed by atoms with Crippen molar-refractivity contribution in [1.29, 1.82) is 0 Å². The maximum Gasteiger partial charge on any atom is 0.341 e. The smallest absolute Gasteiger partial charge is 0.341 e. The van der Waals surface area contributed by atoms with Gasteiger partial charge in [-0.2, -0.15) is 5.10 Å². The first kappa shape index (κ1) is 19.1. The number of carboxylic acid groups (broad SMARTS) is 1. The molecule has 144 valence electrons. The minimum Gasteiger partial charge on any atom is -0.478 e. The second kappa shape index (κ2) is 7.91. The number of anilines is 1. The van der Waals surface area contributed by atoms with E-state index in [0.29, 0.717) is 10.6 Å². The lowest BCUT2D eigenvalue weighted by Gasteiger charge is -2.08. The third-order valence-corrected chi connectivity index (χ3v) is 5.61. The average molecular weight is 391 g/mol. The Kier molecular flexibility index (Phi) is 5.59. The molecule has 0 saturated heterocycles. The molecule has 2 N–H and O–H groups in total. The van der Waals surface area contributed by atoms with Gasteiger partial charge in [0, 0.05) is 18.1 Å². The molecule has 3 rings (SSSR count). The fourth-order valence-corrected chi connectivity index (χ4v) is 4.50. The van der Waals surface area contributed by atoms with E-state index in [-0.39, 0.29) is 17.9 Å². The van der Waals surface area contributed by atoms with Crippen molar-refractivity contribution in [2.45, 2.75) is 39.0 Å². The van der Waals surface area contributed by atoms with E-state index in [0.717, 1.165) is 42.5 Å². The van der Waals surface area contributed by atoms with Gasteiger partial charge in [0.1, 0.15) is 10.6 Å². The summed E-state index contributed by atoms with van der Waals surface area (Å²) < 4.78 is 6.46. The molecule has 0 saturated carbocycles. The van der Waals surface area contributed by atoms with E-state index in [9.17, 15) is 19.5 Å². The van der Waals surface area contributed by atoms with Gasteiger partial charge in [-0.05, 0) is 38.2 Å². The third-order valence-electron chi connectivity index (χ3n) is 4.40. The number of thiophene rings is 1. The second-order valence-corrected chi connectivity index (χ2v) is 7.42. The SMILES string of the molecule is CCOC(=O)c1c(NC(=O)c2nn(C)cc2C(=O)O)sc2c1CCCCC2. The largest absolute Gasteiger partial charge is 0.478 e. The lowest BCUT2D eigenvalue weighted by Crippen LogP contribution is -2.18. The number of esters is 1. The zero-order valence-corrected chi connectivity index (χ0v) is 16.0. The molecule has 0 aliphatic heterocycles. The summed E-state index contributed by atoms with van der Waals surface area (Å²) >= 11 is 1.36. The lowest BCUT2D eigenvalue weighted by molar-refractivity contribution is 0.0526. The van der Waals surface area contributed by atoms with Crippen LogP contribution in [-0.4, -0.2) is 39.3 Å². The van der Waals surface area contributed by atoms with Crippen LogP contribution in [0.1, 0.15) is 67.8 Å². The Labute approximate surface area is 160 Å². The van der Waals surface area contributed by atoms with E-state index in [1.807, 2.05) is 0 Å². The zero-order chi connectivity index (χ0) is 19.6. The first-order valence-corrected chi connectivity index (χ1v) is 9.64. The van der Waals surface area contributed by atoms with Crippen molar-refractivity contribution >= 4 is 34.2 Å². The van der Waals surface area contributed by atoms with Crippen LogP contribution in [0.5, 0.6) is 0 Å². The molecule has 0 fully saturated rings. The molecule has 2 heterocycles. The summed E-state index contributed by atoms with van der Waals surface area (Å²) in [5.74, 6) is -2.36. The first-order valence-electron chi connectivity index (χ1n) is 8.82. The summed E-state index contributed by atoms with van der Waals surface area (Å²) in [5.41, 5.74) is 0.944. The fourth-order valence-electron chi connectivity index (χ4n) is 3.22. The molecule has 0 atom stereocenters. The highest BCUT2D eigenvalue weighted by molar-refractivity contribution is 7.17. The Morgan fingerprint density at radius 3 is 2.74 bits per heavy atom. The van der Waals surface area contributed by atoms with Crippen LogP contribution in [0.15, 0.2) is 6.20 Å². The number of hydrogen-bond donors (Lipinski definition) is 2. The van der Waals surface area contributed by atoms with Crippen LogP contribution < -0.4 is 5.32 Å². The minimum atomic E-state index is -1.24. The predicted molar refractivity (Wildman–Crippen MR) is 99.7 cm³/mol. The van der Waals surface area contributed by atoms with Gasteiger partial charge in [0.25, 0.3) is 5.91 Å². The minimum absolute atomic E-state index is 0.189. The number of carbonyl (C=O) groups excluding carboxylic acids is 2. The molecule has 0 unspecified atom stereocenters. The molecule has 1 amide bonds. The number of hydrogen-bond acceptors (Lipinski definition) is 6. The van der Waals surface area contributed by atoms with Crippen LogP contribution in [0.2, 0.25) is 0 Å². The lowest BCUT2D eigenvalue weighted by atomic mass is 10.1. The van der Waals surface area contributed by atoms with Crippen molar-refractivity contribution in [2.24, 2.45) is 7.05 Å². The molecular weight excluding hydrogens is 370 g/mol. The number of nitrogens with zero attached hydrogens (tertiary/aromatic N) is 2. The summed E-state index contributed by atoms with van der Waals surface area (Å²) in [6, 6.07) is 0. The summed E-state index contributed by atoms with van der Waals surface area (Å²) in [5, 5.41) is 16.3. The van der Waals surface area contributed by atoms with Crippen molar-refractivity contribution in [3.63, 3.8) is 0 Å². The zero-order valence-electron chi connectivity index (χ0n) is 15.2. The van der Waals surface area contributed by atoms with E-state index in [1.165, 1.54) is 22.2 Å². The molecule has 27 heavy (non-hydrogen) atoms. The van der Waals surface area contributed by atoms with E-state index in [2.05, 4.69) is 10.4 Å². The number of rotatable bonds is 5. The molecule has 9 heteroatoms. The number of amides is 1. The molecule has 1 aliphatic rings. The number of nitrogens with one attached hydrogen (secondary N) is 1. The molecule has 0 radical (unpaired) electrons. The van der Waals surface area contributed by atoms with Crippen LogP contribution in [-0.2, 0) is 24.6 Å².